The van der Waals surface area contributed by atoms with Crippen LogP contribution in [0.5, 0.6) is 0 Å². The molecule has 1 saturated carbocycles. The molecule has 3 rings (SSSR count). The molecule has 0 saturated heterocycles. The Hall–Kier alpha value is -2.87. The first-order valence-electron chi connectivity index (χ1n) is 9.20. The van der Waals surface area contributed by atoms with E-state index in [1.165, 1.54) is 12.1 Å². The van der Waals surface area contributed by atoms with Gasteiger partial charge in [-0.2, -0.15) is 0 Å². The maximum Gasteiger partial charge on any atom is 0.405 e. The van der Waals surface area contributed by atoms with Crippen molar-refractivity contribution in [2.45, 2.75) is 39.2 Å². The Balaban J connectivity index is 1.91. The van der Waals surface area contributed by atoms with Crippen molar-refractivity contribution in [2.24, 2.45) is 17.1 Å². The van der Waals surface area contributed by atoms with Crippen LogP contribution in [-0.2, 0) is 10.3 Å². The summed E-state index contributed by atoms with van der Waals surface area (Å²) in [6.45, 7) is 6.32. The number of primary amides is 1. The van der Waals surface area contributed by atoms with Crippen LogP contribution in [0.25, 0.3) is 0 Å². The number of nitrogens with two attached hydrogens (primary N) is 1. The van der Waals surface area contributed by atoms with E-state index in [1.807, 2.05) is 12.1 Å². The van der Waals surface area contributed by atoms with Gasteiger partial charge in [0, 0.05) is 17.7 Å². The summed E-state index contributed by atoms with van der Waals surface area (Å²) in [5, 5.41) is 14.3. The highest BCUT2D eigenvalue weighted by Crippen LogP contribution is 2.57. The number of hydrogen-bond donors (Lipinski definition) is 2. The molecule has 0 bridgehead atoms. The fourth-order valence-electron chi connectivity index (χ4n) is 4.03. The van der Waals surface area contributed by atoms with Gasteiger partial charge in [0.15, 0.2) is 0 Å². The Labute approximate surface area is 173 Å². The smallest absolute Gasteiger partial charge is 0.405 e. The zero-order valence-electron chi connectivity index (χ0n) is 16.4. The first-order chi connectivity index (χ1) is 13.5. The van der Waals surface area contributed by atoms with Gasteiger partial charge in [0.25, 0.3) is 0 Å². The Morgan fingerprint density at radius 3 is 2.45 bits per heavy atom. The molecule has 3 N–H and O–H groups in total. The van der Waals surface area contributed by atoms with Gasteiger partial charge in [-0.1, -0.05) is 44.5 Å². The number of hydrogen-bond acceptors (Lipinski definition) is 6. The molecule has 1 heterocycles. The third kappa shape index (κ3) is 4.12. The summed E-state index contributed by atoms with van der Waals surface area (Å²) >= 11 is 5.87. The summed E-state index contributed by atoms with van der Waals surface area (Å²) in [5.74, 6) is 0.173. The number of nitrogens with zero attached hydrogens (tertiary/aromatic N) is 2. The number of nitro groups is 1. The highest BCUT2D eigenvalue weighted by atomic mass is 35.5. The van der Waals surface area contributed by atoms with Crippen LogP contribution in [0.15, 0.2) is 36.4 Å². The number of halogens is 1. The first kappa shape index (κ1) is 20.9. The van der Waals surface area contributed by atoms with Crippen molar-refractivity contribution >= 4 is 34.9 Å². The molecule has 1 fully saturated rings. The lowest BCUT2D eigenvalue weighted by Crippen LogP contribution is -2.53. The summed E-state index contributed by atoms with van der Waals surface area (Å²) in [5.41, 5.74) is 5.76. The summed E-state index contributed by atoms with van der Waals surface area (Å²) in [6.07, 6.45) is 0.807. The average molecular weight is 419 g/mol. The molecule has 1 aromatic heterocycles. The van der Waals surface area contributed by atoms with Crippen LogP contribution in [0.1, 0.15) is 39.2 Å². The van der Waals surface area contributed by atoms with Gasteiger partial charge >= 0.3 is 11.8 Å². The molecular formula is C20H23ClN4O4. The maximum absolute atomic E-state index is 11.6. The molecule has 1 aliphatic rings. The first-order valence-corrected chi connectivity index (χ1v) is 9.58. The highest BCUT2D eigenvalue weighted by Gasteiger charge is 2.55. The second-order valence-corrected chi connectivity index (χ2v) is 8.62. The third-order valence-electron chi connectivity index (χ3n) is 5.37. The summed E-state index contributed by atoms with van der Waals surface area (Å²) < 4.78 is 5.62. The monoisotopic (exact) mass is 418 g/mol. The van der Waals surface area contributed by atoms with Gasteiger partial charge in [0.05, 0.1) is 4.92 Å². The molecule has 2 unspecified atom stereocenters. The number of benzene rings is 1. The lowest BCUT2D eigenvalue weighted by molar-refractivity contribution is -0.384. The van der Waals surface area contributed by atoms with Gasteiger partial charge in [-0.25, -0.2) is 9.78 Å². The number of nitrogens with one attached hydrogen (secondary N) is 1. The van der Waals surface area contributed by atoms with E-state index in [4.69, 9.17) is 22.1 Å². The minimum atomic E-state index is -0.806. The summed E-state index contributed by atoms with van der Waals surface area (Å²) in [4.78, 5) is 26.3. The lowest BCUT2D eigenvalue weighted by atomic mass is 9.56. The molecular weight excluding hydrogens is 396 g/mol. The number of carbonyl (C=O) groups is 1. The molecule has 8 nitrogen and oxygen atoms in total. The third-order valence-corrected chi connectivity index (χ3v) is 5.58. The fraction of sp³-hybridized carbons (Fsp3) is 0.400. The van der Waals surface area contributed by atoms with E-state index >= 15 is 0 Å². The van der Waals surface area contributed by atoms with Gasteiger partial charge in [-0.15, -0.1) is 0 Å². The number of anilines is 2. The van der Waals surface area contributed by atoms with Crippen molar-refractivity contribution in [3.8, 4) is 0 Å². The molecule has 1 aliphatic carbocycles. The zero-order chi connectivity index (χ0) is 21.4. The zero-order valence-corrected chi connectivity index (χ0v) is 17.2. The van der Waals surface area contributed by atoms with Crippen LogP contribution in [0.2, 0.25) is 5.15 Å². The van der Waals surface area contributed by atoms with Gasteiger partial charge in [-0.05, 0) is 42.0 Å². The second-order valence-electron chi connectivity index (χ2n) is 8.23. The molecule has 2 atom stereocenters. The van der Waals surface area contributed by atoms with E-state index < -0.39 is 16.6 Å². The van der Waals surface area contributed by atoms with Crippen molar-refractivity contribution in [3.05, 3.63) is 57.2 Å². The number of amides is 1. The maximum atomic E-state index is 11.6. The molecule has 0 spiro atoms. The van der Waals surface area contributed by atoms with Crippen molar-refractivity contribution in [3.63, 3.8) is 0 Å². The quantitative estimate of drug-likeness (QED) is 0.394. The van der Waals surface area contributed by atoms with Gasteiger partial charge in [0.2, 0.25) is 5.82 Å². The number of pyridine rings is 1. The standard InChI is InChI=1S/C20H23ClN4O4/c1-19(2,3)15-10-11-20(15,29-18(22)26)12-4-6-13(7-5-12)23-17-14(25(27)28)8-9-16(21)24-17/h4-9,15H,10-11H2,1-3H3,(H2,22,26)(H,23,24). The molecule has 2 aromatic rings. The number of aromatic nitrogens is 1. The number of rotatable bonds is 5. The molecule has 29 heavy (non-hydrogen) atoms. The van der Waals surface area contributed by atoms with Crippen LogP contribution in [0.4, 0.5) is 22.0 Å². The summed E-state index contributed by atoms with van der Waals surface area (Å²) in [6, 6.07) is 9.84. The van der Waals surface area contributed by atoms with E-state index in [1.54, 1.807) is 12.1 Å². The Bertz CT molecular complexity index is 942. The van der Waals surface area contributed by atoms with E-state index in [2.05, 4.69) is 31.1 Å². The van der Waals surface area contributed by atoms with Crippen LogP contribution in [0, 0.1) is 21.4 Å². The Morgan fingerprint density at radius 1 is 1.31 bits per heavy atom. The Kier molecular flexibility index (Phi) is 5.40. The van der Waals surface area contributed by atoms with Gasteiger partial charge in [-0.3, -0.25) is 10.1 Å². The van der Waals surface area contributed by atoms with E-state index in [9.17, 15) is 14.9 Å². The molecule has 154 valence electrons. The number of carbonyl (C=O) groups excluding carboxylic acids is 1. The van der Waals surface area contributed by atoms with E-state index in [0.29, 0.717) is 12.1 Å². The van der Waals surface area contributed by atoms with Crippen molar-refractivity contribution in [2.75, 3.05) is 5.32 Å². The highest BCUT2D eigenvalue weighted by molar-refractivity contribution is 6.29. The molecule has 1 aromatic carbocycles. The van der Waals surface area contributed by atoms with Crippen molar-refractivity contribution in [1.29, 1.82) is 0 Å². The lowest BCUT2D eigenvalue weighted by Gasteiger charge is -2.54. The molecule has 0 aliphatic heterocycles. The normalized spacial score (nSPS) is 21.2. The van der Waals surface area contributed by atoms with E-state index in [0.717, 1.165) is 12.0 Å². The van der Waals surface area contributed by atoms with Crippen LogP contribution in [-0.4, -0.2) is 16.0 Å². The average Bonchev–Trinajstić information content (AvgIpc) is 2.57. The molecule has 0 radical (unpaired) electrons. The number of ether oxygens (including phenoxy) is 1. The largest absolute Gasteiger partial charge is 0.438 e. The fourth-order valence-corrected chi connectivity index (χ4v) is 4.18. The predicted octanol–water partition coefficient (Wildman–Crippen LogP) is 5.13. The van der Waals surface area contributed by atoms with Crippen LogP contribution in [0.3, 0.4) is 0 Å². The van der Waals surface area contributed by atoms with E-state index in [-0.39, 0.29) is 28.0 Å². The van der Waals surface area contributed by atoms with Crippen molar-refractivity contribution < 1.29 is 14.5 Å². The summed E-state index contributed by atoms with van der Waals surface area (Å²) in [7, 11) is 0. The van der Waals surface area contributed by atoms with Crippen LogP contribution >= 0.6 is 11.6 Å². The Morgan fingerprint density at radius 2 is 1.97 bits per heavy atom. The van der Waals surface area contributed by atoms with Crippen LogP contribution < -0.4 is 11.1 Å². The van der Waals surface area contributed by atoms with Crippen molar-refractivity contribution in [1.82, 2.24) is 4.98 Å². The second kappa shape index (κ2) is 7.51. The topological polar surface area (TPSA) is 120 Å². The predicted molar refractivity (Wildman–Crippen MR) is 110 cm³/mol. The van der Waals surface area contributed by atoms with Gasteiger partial charge < -0.3 is 15.8 Å². The molecule has 1 amide bonds. The minimum absolute atomic E-state index is 0.0505. The SMILES string of the molecule is CC(C)(C)C1CCC1(OC(N)=O)c1ccc(Nc2nc(Cl)ccc2[N+](=O)[O-])cc1. The molecule has 9 heteroatoms. The van der Waals surface area contributed by atoms with Gasteiger partial charge in [0.1, 0.15) is 10.8 Å². The minimum Gasteiger partial charge on any atom is -0.438 e.